The zero-order chi connectivity index (χ0) is 24.4. The molecule has 0 aliphatic heterocycles. The summed E-state index contributed by atoms with van der Waals surface area (Å²) < 4.78 is 14.0. The van der Waals surface area contributed by atoms with Gasteiger partial charge in [-0.25, -0.2) is 4.39 Å². The van der Waals surface area contributed by atoms with Crippen LogP contribution in [0, 0.1) is 23.1 Å². The molecule has 3 aromatic carbocycles. The highest BCUT2D eigenvalue weighted by Crippen LogP contribution is 2.59. The van der Waals surface area contributed by atoms with E-state index < -0.39 is 0 Å². The lowest BCUT2D eigenvalue weighted by Gasteiger charge is -2.57. The maximum atomic E-state index is 14.0. The number of carbonyl (C=O) groups excluding carboxylic acids is 1. The topological polar surface area (TPSA) is 20.3 Å². The van der Waals surface area contributed by atoms with Crippen molar-refractivity contribution in [2.45, 2.75) is 39.0 Å². The quantitative estimate of drug-likeness (QED) is 0.314. The molecule has 2 nitrogen and oxygen atoms in total. The molecule has 0 heterocycles. The minimum Gasteiger partial charge on any atom is -0.335 e. The second kappa shape index (κ2) is 9.81. The third kappa shape index (κ3) is 4.82. The number of amides is 1. The molecular formula is C32H34FNO. The van der Waals surface area contributed by atoms with Crippen LogP contribution in [0.25, 0.3) is 0 Å². The van der Waals surface area contributed by atoms with Crippen molar-refractivity contribution < 1.29 is 9.18 Å². The van der Waals surface area contributed by atoms with E-state index in [0.29, 0.717) is 30.0 Å². The summed E-state index contributed by atoms with van der Waals surface area (Å²) in [5.74, 6) is 1.00. The number of allylic oxidation sites excluding steroid dienone is 1. The summed E-state index contributed by atoms with van der Waals surface area (Å²) in [5.41, 5.74) is 4.59. The van der Waals surface area contributed by atoms with E-state index >= 15 is 0 Å². The first kappa shape index (κ1) is 23.5. The number of rotatable bonds is 8. The zero-order valence-corrected chi connectivity index (χ0v) is 20.7. The Morgan fingerprint density at radius 2 is 1.63 bits per heavy atom. The lowest BCUT2D eigenvalue weighted by atomic mass is 9.49. The van der Waals surface area contributed by atoms with Gasteiger partial charge in [0.25, 0.3) is 5.91 Å². The Morgan fingerprint density at radius 1 is 0.971 bits per heavy atom. The average molecular weight is 468 g/mol. The molecule has 3 aromatic rings. The first-order valence-electron chi connectivity index (χ1n) is 12.8. The summed E-state index contributed by atoms with van der Waals surface area (Å²) in [7, 11) is 0. The van der Waals surface area contributed by atoms with Crippen LogP contribution in [0.5, 0.6) is 0 Å². The fraction of sp³-hybridized carbons (Fsp3) is 0.344. The van der Waals surface area contributed by atoms with Gasteiger partial charge in [0, 0.05) is 24.6 Å². The predicted octanol–water partition coefficient (Wildman–Crippen LogP) is 7.48. The van der Waals surface area contributed by atoms with Crippen molar-refractivity contribution in [1.29, 1.82) is 0 Å². The van der Waals surface area contributed by atoms with Crippen molar-refractivity contribution in [3.05, 3.63) is 119 Å². The average Bonchev–Trinajstić information content (AvgIpc) is 2.89. The standard InChI is InChI=1S/C32H34FNO/c1-32(2)27-17-16-26(30(32)21-27)22-34(31(35)25-14-9-15-28(33)20-25)19-18-29(23-10-5-3-6-11-23)24-12-7-4-8-13-24/h3-16,20,27,29-30H,17-19,21-22H2,1-2H3. The minimum absolute atomic E-state index is 0.0930. The molecule has 0 spiro atoms. The Hall–Kier alpha value is -3.20. The molecule has 1 fully saturated rings. The van der Waals surface area contributed by atoms with Gasteiger partial charge >= 0.3 is 0 Å². The Balaban J connectivity index is 1.42. The van der Waals surface area contributed by atoms with Gasteiger partial charge < -0.3 is 4.90 Å². The predicted molar refractivity (Wildman–Crippen MR) is 140 cm³/mol. The SMILES string of the molecule is CC1(C)C2CC=C(CN(CCC(c3ccccc3)c3ccccc3)C(=O)c3cccc(F)c3)C1C2. The fourth-order valence-corrected chi connectivity index (χ4v) is 6.11. The number of benzene rings is 3. The first-order chi connectivity index (χ1) is 16.9. The summed E-state index contributed by atoms with van der Waals surface area (Å²) >= 11 is 0. The molecule has 3 heteroatoms. The zero-order valence-electron chi connectivity index (χ0n) is 20.7. The van der Waals surface area contributed by atoms with Crippen LogP contribution in [-0.4, -0.2) is 23.9 Å². The molecule has 180 valence electrons. The molecule has 0 N–H and O–H groups in total. The van der Waals surface area contributed by atoms with Crippen LogP contribution in [0.3, 0.4) is 0 Å². The van der Waals surface area contributed by atoms with E-state index in [1.807, 2.05) is 17.0 Å². The molecule has 1 amide bonds. The van der Waals surface area contributed by atoms with E-state index in [2.05, 4.69) is 68.5 Å². The minimum atomic E-state index is -0.373. The van der Waals surface area contributed by atoms with E-state index in [9.17, 15) is 9.18 Å². The monoisotopic (exact) mass is 467 g/mol. The van der Waals surface area contributed by atoms with Crippen molar-refractivity contribution in [2.24, 2.45) is 17.3 Å². The van der Waals surface area contributed by atoms with Crippen molar-refractivity contribution >= 4 is 5.91 Å². The lowest BCUT2D eigenvalue weighted by molar-refractivity contribution is -0.0103. The molecule has 3 aliphatic carbocycles. The molecule has 1 saturated carbocycles. The molecule has 2 unspecified atom stereocenters. The van der Waals surface area contributed by atoms with E-state index in [0.717, 1.165) is 18.8 Å². The normalized spacial score (nSPS) is 20.2. The van der Waals surface area contributed by atoms with Gasteiger partial charge in [0.05, 0.1) is 0 Å². The van der Waals surface area contributed by atoms with E-state index in [1.54, 1.807) is 12.1 Å². The van der Waals surface area contributed by atoms with E-state index in [1.165, 1.54) is 35.3 Å². The number of fused-ring (bicyclic) bond motifs is 1. The van der Waals surface area contributed by atoms with Gasteiger partial charge in [0.15, 0.2) is 0 Å². The van der Waals surface area contributed by atoms with Gasteiger partial charge in [0.1, 0.15) is 5.82 Å². The van der Waals surface area contributed by atoms with Crippen LogP contribution in [0.15, 0.2) is 96.6 Å². The number of hydrogen-bond acceptors (Lipinski definition) is 1. The molecule has 6 rings (SSSR count). The number of nitrogens with zero attached hydrogens (tertiary/aromatic N) is 1. The summed E-state index contributed by atoms with van der Waals surface area (Å²) in [6.07, 6.45) is 5.48. The van der Waals surface area contributed by atoms with Crippen LogP contribution in [0.1, 0.15) is 60.5 Å². The van der Waals surface area contributed by atoms with Gasteiger partial charge in [-0.3, -0.25) is 4.79 Å². The Bertz CT molecular complexity index is 1160. The molecule has 0 saturated heterocycles. The number of carbonyl (C=O) groups is 1. The maximum Gasteiger partial charge on any atom is 0.254 e. The summed E-state index contributed by atoms with van der Waals surface area (Å²) in [4.78, 5) is 15.6. The largest absolute Gasteiger partial charge is 0.335 e. The van der Waals surface area contributed by atoms with Gasteiger partial charge in [-0.05, 0) is 65.8 Å². The summed E-state index contributed by atoms with van der Waals surface area (Å²) in [6, 6.07) is 27.1. The van der Waals surface area contributed by atoms with Crippen LogP contribution < -0.4 is 0 Å². The fourth-order valence-electron chi connectivity index (χ4n) is 6.11. The van der Waals surface area contributed by atoms with E-state index in [4.69, 9.17) is 0 Å². The second-order valence-corrected chi connectivity index (χ2v) is 10.7. The molecule has 0 aromatic heterocycles. The summed E-state index contributed by atoms with van der Waals surface area (Å²) in [5, 5.41) is 0. The van der Waals surface area contributed by atoms with Crippen molar-refractivity contribution in [1.82, 2.24) is 4.90 Å². The van der Waals surface area contributed by atoms with Gasteiger partial charge in [-0.1, -0.05) is 92.2 Å². The molecule has 2 bridgehead atoms. The summed E-state index contributed by atoms with van der Waals surface area (Å²) in [6.45, 7) is 5.95. The second-order valence-electron chi connectivity index (χ2n) is 10.7. The van der Waals surface area contributed by atoms with Crippen molar-refractivity contribution in [3.8, 4) is 0 Å². The van der Waals surface area contributed by atoms with Crippen molar-refractivity contribution in [2.75, 3.05) is 13.1 Å². The molecular weight excluding hydrogens is 433 g/mol. The highest BCUT2D eigenvalue weighted by Gasteiger charge is 2.51. The third-order valence-electron chi connectivity index (χ3n) is 8.41. The molecule has 0 radical (unpaired) electrons. The number of hydrogen-bond donors (Lipinski definition) is 0. The molecule has 35 heavy (non-hydrogen) atoms. The van der Waals surface area contributed by atoms with Gasteiger partial charge in [0.2, 0.25) is 0 Å². The lowest BCUT2D eigenvalue weighted by Crippen LogP contribution is -2.50. The van der Waals surface area contributed by atoms with Crippen LogP contribution in [-0.2, 0) is 0 Å². The molecule has 3 aliphatic rings. The highest BCUT2D eigenvalue weighted by atomic mass is 19.1. The Morgan fingerprint density at radius 3 is 2.20 bits per heavy atom. The van der Waals surface area contributed by atoms with Gasteiger partial charge in [-0.2, -0.15) is 0 Å². The van der Waals surface area contributed by atoms with Crippen LogP contribution >= 0.6 is 0 Å². The molecule has 2 atom stereocenters. The van der Waals surface area contributed by atoms with E-state index in [-0.39, 0.29) is 17.6 Å². The Kier molecular flexibility index (Phi) is 6.60. The number of halogens is 1. The smallest absolute Gasteiger partial charge is 0.254 e. The van der Waals surface area contributed by atoms with Crippen LogP contribution in [0.4, 0.5) is 4.39 Å². The highest BCUT2D eigenvalue weighted by molar-refractivity contribution is 5.94. The Labute approximate surface area is 208 Å². The third-order valence-corrected chi connectivity index (χ3v) is 8.41. The maximum absolute atomic E-state index is 14.0. The van der Waals surface area contributed by atoms with Gasteiger partial charge in [-0.15, -0.1) is 0 Å². The first-order valence-corrected chi connectivity index (χ1v) is 12.8. The van der Waals surface area contributed by atoms with Crippen LogP contribution in [0.2, 0.25) is 0 Å². The van der Waals surface area contributed by atoms with Crippen molar-refractivity contribution in [3.63, 3.8) is 0 Å².